The van der Waals surface area contributed by atoms with E-state index in [1.165, 1.54) is 5.56 Å². The molecule has 0 unspecified atom stereocenters. The summed E-state index contributed by atoms with van der Waals surface area (Å²) in [5.74, 6) is 0.605. The predicted molar refractivity (Wildman–Crippen MR) is 84.2 cm³/mol. The van der Waals surface area contributed by atoms with Crippen LogP contribution in [-0.4, -0.2) is 12.0 Å². The van der Waals surface area contributed by atoms with Crippen molar-refractivity contribution in [2.75, 3.05) is 0 Å². The SMILES string of the molecule is CCc1ccc(O[C@@H](C)C(=O)NCc2ccccc2)cc1. The minimum atomic E-state index is -0.513. The van der Waals surface area contributed by atoms with Gasteiger partial charge in [-0.25, -0.2) is 0 Å². The smallest absolute Gasteiger partial charge is 0.261 e. The number of carbonyl (C=O) groups is 1. The number of rotatable bonds is 6. The molecule has 0 aliphatic carbocycles. The molecule has 2 aromatic rings. The number of ether oxygens (including phenoxy) is 1. The summed E-state index contributed by atoms with van der Waals surface area (Å²) >= 11 is 0. The molecule has 2 rings (SSSR count). The maximum absolute atomic E-state index is 12.0. The Morgan fingerprint density at radius 2 is 1.71 bits per heavy atom. The predicted octanol–water partition coefficient (Wildman–Crippen LogP) is 3.33. The van der Waals surface area contributed by atoms with Gasteiger partial charge in [-0.1, -0.05) is 49.4 Å². The lowest BCUT2D eigenvalue weighted by Gasteiger charge is -2.15. The fourth-order valence-electron chi connectivity index (χ4n) is 1.99. The summed E-state index contributed by atoms with van der Waals surface area (Å²) in [4.78, 5) is 12.0. The molecular weight excluding hydrogens is 262 g/mol. The van der Waals surface area contributed by atoms with Crippen LogP contribution in [0.4, 0.5) is 0 Å². The van der Waals surface area contributed by atoms with Gasteiger partial charge in [-0.05, 0) is 36.6 Å². The lowest BCUT2D eigenvalue weighted by atomic mass is 10.2. The van der Waals surface area contributed by atoms with Gasteiger partial charge in [0.1, 0.15) is 5.75 Å². The molecule has 0 saturated heterocycles. The molecule has 0 radical (unpaired) electrons. The summed E-state index contributed by atoms with van der Waals surface area (Å²) in [6, 6.07) is 17.7. The van der Waals surface area contributed by atoms with Gasteiger partial charge in [-0.2, -0.15) is 0 Å². The summed E-state index contributed by atoms with van der Waals surface area (Å²) in [7, 11) is 0. The Labute approximate surface area is 126 Å². The Hall–Kier alpha value is -2.29. The number of nitrogens with one attached hydrogen (secondary N) is 1. The number of hydrogen-bond donors (Lipinski definition) is 1. The van der Waals surface area contributed by atoms with Crippen LogP contribution >= 0.6 is 0 Å². The van der Waals surface area contributed by atoms with Crippen molar-refractivity contribution in [3.05, 3.63) is 65.7 Å². The van der Waals surface area contributed by atoms with Crippen LogP contribution in [0.2, 0.25) is 0 Å². The van der Waals surface area contributed by atoms with E-state index in [1.807, 2.05) is 54.6 Å². The summed E-state index contributed by atoms with van der Waals surface area (Å²) in [5.41, 5.74) is 2.33. The molecular formula is C18H21NO2. The zero-order valence-corrected chi connectivity index (χ0v) is 12.5. The average molecular weight is 283 g/mol. The normalized spacial score (nSPS) is 11.7. The van der Waals surface area contributed by atoms with E-state index < -0.39 is 6.10 Å². The Balaban J connectivity index is 1.84. The van der Waals surface area contributed by atoms with Gasteiger partial charge in [0.25, 0.3) is 5.91 Å². The highest BCUT2D eigenvalue weighted by molar-refractivity contribution is 5.80. The van der Waals surface area contributed by atoms with Crippen LogP contribution in [0.1, 0.15) is 25.0 Å². The molecule has 2 aromatic carbocycles. The fraction of sp³-hybridized carbons (Fsp3) is 0.278. The van der Waals surface area contributed by atoms with E-state index in [2.05, 4.69) is 12.2 Å². The highest BCUT2D eigenvalue weighted by Gasteiger charge is 2.14. The Morgan fingerprint density at radius 1 is 1.05 bits per heavy atom. The minimum Gasteiger partial charge on any atom is -0.481 e. The van der Waals surface area contributed by atoms with Crippen LogP contribution in [0.15, 0.2) is 54.6 Å². The summed E-state index contributed by atoms with van der Waals surface area (Å²) in [6.07, 6.45) is 0.481. The van der Waals surface area contributed by atoms with E-state index in [4.69, 9.17) is 4.74 Å². The van der Waals surface area contributed by atoms with Crippen LogP contribution in [-0.2, 0) is 17.8 Å². The van der Waals surface area contributed by atoms with Gasteiger partial charge in [-0.15, -0.1) is 0 Å². The molecule has 21 heavy (non-hydrogen) atoms. The standard InChI is InChI=1S/C18H21NO2/c1-3-15-9-11-17(12-10-15)21-14(2)18(20)19-13-16-7-5-4-6-8-16/h4-12,14H,3,13H2,1-2H3,(H,19,20)/t14-/m0/s1. The van der Waals surface area contributed by atoms with E-state index >= 15 is 0 Å². The van der Waals surface area contributed by atoms with Gasteiger partial charge in [0.15, 0.2) is 6.10 Å². The lowest BCUT2D eigenvalue weighted by molar-refractivity contribution is -0.127. The molecule has 3 heteroatoms. The first-order valence-electron chi connectivity index (χ1n) is 7.26. The van der Waals surface area contributed by atoms with Crippen molar-refractivity contribution in [1.82, 2.24) is 5.32 Å². The number of carbonyl (C=O) groups excluding carboxylic acids is 1. The first-order chi connectivity index (χ1) is 10.2. The number of hydrogen-bond acceptors (Lipinski definition) is 2. The Kier molecular flexibility index (Phi) is 5.38. The van der Waals surface area contributed by atoms with Crippen LogP contribution in [0.25, 0.3) is 0 Å². The average Bonchev–Trinajstić information content (AvgIpc) is 2.54. The number of aryl methyl sites for hydroxylation is 1. The highest BCUT2D eigenvalue weighted by Crippen LogP contribution is 2.14. The lowest BCUT2D eigenvalue weighted by Crippen LogP contribution is -2.35. The van der Waals surface area contributed by atoms with Crippen LogP contribution in [0, 0.1) is 0 Å². The van der Waals surface area contributed by atoms with Crippen LogP contribution in [0.5, 0.6) is 5.75 Å². The number of amides is 1. The van der Waals surface area contributed by atoms with E-state index in [-0.39, 0.29) is 5.91 Å². The third-order valence-electron chi connectivity index (χ3n) is 3.32. The molecule has 1 atom stereocenters. The fourth-order valence-corrected chi connectivity index (χ4v) is 1.99. The maximum Gasteiger partial charge on any atom is 0.261 e. The van der Waals surface area contributed by atoms with Crippen molar-refractivity contribution in [3.8, 4) is 5.75 Å². The molecule has 0 aliphatic rings. The molecule has 0 aliphatic heterocycles. The minimum absolute atomic E-state index is 0.113. The Morgan fingerprint density at radius 3 is 2.33 bits per heavy atom. The summed E-state index contributed by atoms with van der Waals surface area (Å²) in [5, 5.41) is 2.88. The van der Waals surface area contributed by atoms with Crippen molar-refractivity contribution in [3.63, 3.8) is 0 Å². The topological polar surface area (TPSA) is 38.3 Å². The second-order valence-electron chi connectivity index (χ2n) is 4.96. The third-order valence-corrected chi connectivity index (χ3v) is 3.32. The van der Waals surface area contributed by atoms with Gasteiger partial charge >= 0.3 is 0 Å². The van der Waals surface area contributed by atoms with Crippen molar-refractivity contribution in [1.29, 1.82) is 0 Å². The summed E-state index contributed by atoms with van der Waals surface area (Å²) in [6.45, 7) is 4.38. The number of benzene rings is 2. The molecule has 0 saturated carbocycles. The molecule has 0 spiro atoms. The van der Waals surface area contributed by atoms with E-state index in [0.29, 0.717) is 6.54 Å². The van der Waals surface area contributed by atoms with Crippen LogP contribution < -0.4 is 10.1 Å². The van der Waals surface area contributed by atoms with Gasteiger partial charge in [-0.3, -0.25) is 4.79 Å². The molecule has 0 aromatic heterocycles. The second-order valence-corrected chi connectivity index (χ2v) is 4.96. The molecule has 1 amide bonds. The third kappa shape index (κ3) is 4.63. The maximum atomic E-state index is 12.0. The summed E-state index contributed by atoms with van der Waals surface area (Å²) < 4.78 is 5.65. The second kappa shape index (κ2) is 7.48. The van der Waals surface area contributed by atoms with Gasteiger partial charge in [0, 0.05) is 6.54 Å². The van der Waals surface area contributed by atoms with Gasteiger partial charge < -0.3 is 10.1 Å². The van der Waals surface area contributed by atoms with Crippen molar-refractivity contribution in [2.45, 2.75) is 32.9 Å². The van der Waals surface area contributed by atoms with E-state index in [1.54, 1.807) is 6.92 Å². The molecule has 0 bridgehead atoms. The highest BCUT2D eigenvalue weighted by atomic mass is 16.5. The van der Waals surface area contributed by atoms with E-state index in [0.717, 1.165) is 17.7 Å². The van der Waals surface area contributed by atoms with E-state index in [9.17, 15) is 4.79 Å². The van der Waals surface area contributed by atoms with Gasteiger partial charge in [0.2, 0.25) is 0 Å². The zero-order valence-electron chi connectivity index (χ0n) is 12.5. The van der Waals surface area contributed by atoms with Crippen molar-refractivity contribution in [2.24, 2.45) is 0 Å². The monoisotopic (exact) mass is 283 g/mol. The molecule has 0 fully saturated rings. The molecule has 110 valence electrons. The Bertz CT molecular complexity index is 564. The molecule has 3 nitrogen and oxygen atoms in total. The quantitative estimate of drug-likeness (QED) is 0.883. The van der Waals surface area contributed by atoms with Gasteiger partial charge in [0.05, 0.1) is 0 Å². The first-order valence-corrected chi connectivity index (χ1v) is 7.26. The van der Waals surface area contributed by atoms with Crippen molar-refractivity contribution < 1.29 is 9.53 Å². The largest absolute Gasteiger partial charge is 0.481 e. The molecule has 1 N–H and O–H groups in total. The van der Waals surface area contributed by atoms with Crippen LogP contribution in [0.3, 0.4) is 0 Å². The zero-order chi connectivity index (χ0) is 15.1. The first kappa shape index (κ1) is 15.1. The molecule has 0 heterocycles. The van der Waals surface area contributed by atoms with Crippen molar-refractivity contribution >= 4 is 5.91 Å².